The Balaban J connectivity index is 2.01. The molecule has 7 N–H and O–H groups in total. The van der Waals surface area contributed by atoms with E-state index < -0.39 is 68.5 Å². The minimum Gasteiger partial charge on any atom is -0.394 e. The first-order valence-corrected chi connectivity index (χ1v) is 6.49. The molecule has 10 nitrogen and oxygen atoms in total. The van der Waals surface area contributed by atoms with Crippen LogP contribution >= 0.6 is 0 Å². The Morgan fingerprint density at radius 2 is 1.00 bits per heavy atom. The zero-order chi connectivity index (χ0) is 15.7. The molecule has 2 saturated heterocycles. The Morgan fingerprint density at radius 3 is 1.43 bits per heavy atom. The van der Waals surface area contributed by atoms with E-state index in [9.17, 15) is 25.5 Å². The predicted octanol–water partition coefficient (Wildman–Crippen LogP) is -4.76. The van der Waals surface area contributed by atoms with Gasteiger partial charge in [0.25, 0.3) is 0 Å². The maximum absolute atomic E-state index is 9.77. The summed E-state index contributed by atoms with van der Waals surface area (Å²) in [5.41, 5.74) is 0. The third-order valence-corrected chi connectivity index (χ3v) is 3.62. The summed E-state index contributed by atoms with van der Waals surface area (Å²) in [5.74, 6) is 0. The van der Waals surface area contributed by atoms with Crippen LogP contribution in [0.4, 0.5) is 0 Å². The topological polar surface area (TPSA) is 169 Å². The van der Waals surface area contributed by atoms with Crippen LogP contribution in [-0.2, 0) is 14.2 Å². The number of rotatable bonds is 4. The predicted molar refractivity (Wildman–Crippen MR) is 62.6 cm³/mol. The summed E-state index contributed by atoms with van der Waals surface area (Å²) in [7, 11) is 0. The summed E-state index contributed by atoms with van der Waals surface area (Å²) in [6.07, 6.45) is -12.8. The van der Waals surface area contributed by atoms with Crippen LogP contribution in [0.15, 0.2) is 0 Å². The Kier molecular flexibility index (Phi) is 5.48. The van der Waals surface area contributed by atoms with Crippen LogP contribution in [0.25, 0.3) is 0 Å². The second kappa shape index (κ2) is 6.79. The number of aliphatic hydroxyl groups excluding tert-OH is 7. The van der Waals surface area contributed by atoms with Crippen LogP contribution < -0.4 is 0 Å². The highest BCUT2D eigenvalue weighted by atomic mass is 16.8. The third-order valence-electron chi connectivity index (χ3n) is 3.62. The number of hydrogen-bond acceptors (Lipinski definition) is 10. The van der Waals surface area contributed by atoms with Gasteiger partial charge < -0.3 is 50.0 Å². The van der Waals surface area contributed by atoms with Gasteiger partial charge in [-0.3, -0.25) is 0 Å². The van der Waals surface area contributed by atoms with Gasteiger partial charge in [-0.1, -0.05) is 0 Å². The zero-order valence-corrected chi connectivity index (χ0v) is 11.0. The standard InChI is InChI=1S/C11H20O10/c12-1-3-5(14)7(16)9(18)11(19-3)21-10-8(17)6(15)4(2-13)20-10/h3-18H,1-2H2/t3?,4-,5+,6+,7?,8?,9+,10-,11+/m1/s1. The molecule has 21 heavy (non-hydrogen) atoms. The Labute approximate surface area is 119 Å². The van der Waals surface area contributed by atoms with Crippen molar-refractivity contribution in [2.45, 2.75) is 55.3 Å². The van der Waals surface area contributed by atoms with Crippen LogP contribution in [0, 0.1) is 0 Å². The van der Waals surface area contributed by atoms with E-state index >= 15 is 0 Å². The largest absolute Gasteiger partial charge is 0.394 e. The summed E-state index contributed by atoms with van der Waals surface area (Å²) in [5, 5.41) is 66.2. The lowest BCUT2D eigenvalue weighted by atomic mass is 9.99. The minimum atomic E-state index is -1.65. The Bertz CT molecular complexity index is 339. The molecule has 0 radical (unpaired) electrons. The van der Waals surface area contributed by atoms with E-state index in [0.717, 1.165) is 0 Å². The molecular weight excluding hydrogens is 292 g/mol. The van der Waals surface area contributed by atoms with Crippen molar-refractivity contribution >= 4 is 0 Å². The molecule has 3 unspecified atom stereocenters. The molecule has 0 aromatic carbocycles. The summed E-state index contributed by atoms with van der Waals surface area (Å²) in [6.45, 7) is -1.17. The lowest BCUT2D eigenvalue weighted by Gasteiger charge is -2.40. The molecule has 0 amide bonds. The summed E-state index contributed by atoms with van der Waals surface area (Å²) >= 11 is 0. The molecule has 10 heteroatoms. The van der Waals surface area contributed by atoms with Crippen molar-refractivity contribution in [3.05, 3.63) is 0 Å². The minimum absolute atomic E-state index is 0.549. The van der Waals surface area contributed by atoms with Gasteiger partial charge in [-0.05, 0) is 0 Å². The molecule has 124 valence electrons. The van der Waals surface area contributed by atoms with Crippen molar-refractivity contribution in [1.29, 1.82) is 0 Å². The number of ether oxygens (including phenoxy) is 3. The lowest BCUT2D eigenvalue weighted by molar-refractivity contribution is -0.341. The molecule has 2 fully saturated rings. The molecule has 0 saturated carbocycles. The van der Waals surface area contributed by atoms with E-state index in [4.69, 9.17) is 24.4 Å². The van der Waals surface area contributed by atoms with E-state index in [1.807, 2.05) is 0 Å². The zero-order valence-electron chi connectivity index (χ0n) is 11.0. The van der Waals surface area contributed by atoms with Crippen molar-refractivity contribution in [2.75, 3.05) is 13.2 Å². The lowest BCUT2D eigenvalue weighted by Crippen LogP contribution is -2.60. The monoisotopic (exact) mass is 312 g/mol. The summed E-state index contributed by atoms with van der Waals surface area (Å²) in [4.78, 5) is 0. The van der Waals surface area contributed by atoms with Gasteiger partial charge in [-0.15, -0.1) is 0 Å². The average molecular weight is 312 g/mol. The molecule has 0 spiro atoms. The van der Waals surface area contributed by atoms with E-state index in [1.165, 1.54) is 0 Å². The normalized spacial score (nSPS) is 51.3. The van der Waals surface area contributed by atoms with Gasteiger partial charge in [0, 0.05) is 0 Å². The molecule has 2 aliphatic heterocycles. The fourth-order valence-electron chi connectivity index (χ4n) is 2.29. The molecule has 0 bridgehead atoms. The molecule has 0 aliphatic carbocycles. The molecule has 9 atom stereocenters. The molecule has 2 heterocycles. The first-order valence-electron chi connectivity index (χ1n) is 6.49. The van der Waals surface area contributed by atoms with E-state index in [1.54, 1.807) is 0 Å². The third kappa shape index (κ3) is 3.19. The molecule has 0 aromatic rings. The first kappa shape index (κ1) is 17.0. The van der Waals surface area contributed by atoms with E-state index in [0.29, 0.717) is 0 Å². The fraction of sp³-hybridized carbons (Fsp3) is 1.00. The second-order valence-corrected chi connectivity index (χ2v) is 5.04. The van der Waals surface area contributed by atoms with Gasteiger partial charge in [0.2, 0.25) is 0 Å². The van der Waals surface area contributed by atoms with Crippen LogP contribution in [0.1, 0.15) is 0 Å². The summed E-state index contributed by atoms with van der Waals surface area (Å²) < 4.78 is 15.3. The van der Waals surface area contributed by atoms with Crippen LogP contribution in [0.2, 0.25) is 0 Å². The molecule has 2 aliphatic rings. The molecule has 2 rings (SSSR count). The average Bonchev–Trinajstić information content (AvgIpc) is 2.75. The number of aliphatic hydroxyl groups is 7. The van der Waals surface area contributed by atoms with Gasteiger partial charge in [-0.2, -0.15) is 0 Å². The molecule has 0 aromatic heterocycles. The van der Waals surface area contributed by atoms with Gasteiger partial charge in [-0.25, -0.2) is 0 Å². The Morgan fingerprint density at radius 1 is 0.619 bits per heavy atom. The van der Waals surface area contributed by atoms with Crippen LogP contribution in [0.3, 0.4) is 0 Å². The summed E-state index contributed by atoms with van der Waals surface area (Å²) in [6, 6.07) is 0. The number of hydrogen-bond donors (Lipinski definition) is 7. The van der Waals surface area contributed by atoms with Crippen molar-refractivity contribution in [1.82, 2.24) is 0 Å². The van der Waals surface area contributed by atoms with Crippen LogP contribution in [-0.4, -0.2) is 104 Å². The van der Waals surface area contributed by atoms with Crippen molar-refractivity contribution in [2.24, 2.45) is 0 Å². The van der Waals surface area contributed by atoms with Crippen molar-refractivity contribution in [3.63, 3.8) is 0 Å². The SMILES string of the molecule is OCC1O[C@@H](O[C@H]2O[C@H](CO)[C@H](O)C2O)[C@@H](O)C(O)[C@H]1O. The maximum atomic E-state index is 9.77. The van der Waals surface area contributed by atoms with Gasteiger partial charge in [0.15, 0.2) is 12.6 Å². The first-order chi connectivity index (χ1) is 9.90. The fourth-order valence-corrected chi connectivity index (χ4v) is 2.29. The highest BCUT2D eigenvalue weighted by Crippen LogP contribution is 2.28. The van der Waals surface area contributed by atoms with Crippen LogP contribution in [0.5, 0.6) is 0 Å². The van der Waals surface area contributed by atoms with Gasteiger partial charge in [0.1, 0.15) is 42.7 Å². The van der Waals surface area contributed by atoms with Gasteiger partial charge >= 0.3 is 0 Å². The quantitative estimate of drug-likeness (QED) is 0.267. The van der Waals surface area contributed by atoms with E-state index in [-0.39, 0.29) is 0 Å². The molecular formula is C11H20O10. The smallest absolute Gasteiger partial charge is 0.189 e. The van der Waals surface area contributed by atoms with Gasteiger partial charge in [0.05, 0.1) is 13.2 Å². The van der Waals surface area contributed by atoms with Crippen molar-refractivity contribution < 1.29 is 50.0 Å². The van der Waals surface area contributed by atoms with E-state index in [2.05, 4.69) is 0 Å². The highest BCUT2D eigenvalue weighted by Gasteiger charge is 2.49. The second-order valence-electron chi connectivity index (χ2n) is 5.04. The Hall–Kier alpha value is -0.400. The van der Waals surface area contributed by atoms with Crippen molar-refractivity contribution in [3.8, 4) is 0 Å². The highest BCUT2D eigenvalue weighted by molar-refractivity contribution is 4.91. The maximum Gasteiger partial charge on any atom is 0.189 e.